The number of para-hydroxylation sites is 1. The van der Waals surface area contributed by atoms with Crippen LogP contribution in [0.3, 0.4) is 0 Å². The van der Waals surface area contributed by atoms with Crippen molar-refractivity contribution < 1.29 is 9.53 Å². The first-order valence-corrected chi connectivity index (χ1v) is 7.23. The van der Waals surface area contributed by atoms with E-state index in [-0.39, 0.29) is 11.9 Å². The molecule has 1 amide bonds. The third-order valence-electron chi connectivity index (χ3n) is 3.69. The summed E-state index contributed by atoms with van der Waals surface area (Å²) < 4.78 is 5.45. The summed E-state index contributed by atoms with van der Waals surface area (Å²) >= 11 is 6.07. The van der Waals surface area contributed by atoms with Crippen LogP contribution in [-0.4, -0.2) is 37.7 Å². The Morgan fingerprint density at radius 3 is 3.00 bits per heavy atom. The summed E-state index contributed by atoms with van der Waals surface area (Å²) in [6, 6.07) is 5.48. The Hall–Kier alpha value is -1.46. The minimum Gasteiger partial charge on any atom is -0.396 e. The highest BCUT2D eigenvalue weighted by Crippen LogP contribution is 2.32. The summed E-state index contributed by atoms with van der Waals surface area (Å²) in [5.74, 6) is 0.00609. The average molecular weight is 296 g/mol. The van der Waals surface area contributed by atoms with Crippen LogP contribution in [0.15, 0.2) is 18.2 Å². The summed E-state index contributed by atoms with van der Waals surface area (Å²) in [4.78, 5) is 14.3. The van der Waals surface area contributed by atoms with Gasteiger partial charge < -0.3 is 20.7 Å². The number of nitrogens with zero attached hydrogens (tertiary/aromatic N) is 1. The van der Waals surface area contributed by atoms with Crippen LogP contribution in [0.1, 0.15) is 12.8 Å². The van der Waals surface area contributed by atoms with Gasteiger partial charge >= 0.3 is 0 Å². The fraction of sp³-hybridized carbons (Fsp3) is 0.500. The molecule has 20 heavy (non-hydrogen) atoms. The monoisotopic (exact) mass is 295 g/mol. The van der Waals surface area contributed by atoms with Crippen LogP contribution in [0, 0.1) is 0 Å². The third-order valence-corrected chi connectivity index (χ3v) is 4.02. The number of ether oxygens (including phenoxy) is 1. The molecule has 6 heteroatoms. The smallest absolute Gasteiger partial charge is 0.245 e. The Kier molecular flexibility index (Phi) is 3.72. The van der Waals surface area contributed by atoms with Crippen LogP contribution < -0.4 is 16.0 Å². The quantitative estimate of drug-likeness (QED) is 0.827. The maximum Gasteiger partial charge on any atom is 0.245 e. The van der Waals surface area contributed by atoms with Gasteiger partial charge in [-0.3, -0.25) is 4.79 Å². The number of morpholine rings is 1. The molecule has 3 rings (SSSR count). The lowest BCUT2D eigenvalue weighted by molar-refractivity contribution is -0.124. The second-order valence-electron chi connectivity index (χ2n) is 5.24. The average Bonchev–Trinajstić information content (AvgIpc) is 3.26. The lowest BCUT2D eigenvalue weighted by Gasteiger charge is -2.37. The van der Waals surface area contributed by atoms with Gasteiger partial charge in [-0.05, 0) is 25.0 Å². The minimum atomic E-state index is -0.342. The van der Waals surface area contributed by atoms with E-state index in [1.165, 1.54) is 0 Å². The number of nitrogen functional groups attached to an aromatic ring is 1. The summed E-state index contributed by atoms with van der Waals surface area (Å²) in [6.45, 7) is 1.59. The number of carbonyl (C=O) groups excluding carboxylic acids is 1. The largest absolute Gasteiger partial charge is 0.396 e. The predicted molar refractivity (Wildman–Crippen MR) is 79.0 cm³/mol. The molecule has 1 heterocycles. The van der Waals surface area contributed by atoms with Crippen molar-refractivity contribution in [2.24, 2.45) is 0 Å². The Labute approximate surface area is 123 Å². The fourth-order valence-corrected chi connectivity index (χ4v) is 2.58. The molecule has 0 aromatic heterocycles. The molecule has 1 saturated heterocycles. The fourth-order valence-electron chi connectivity index (χ4n) is 2.41. The van der Waals surface area contributed by atoms with Gasteiger partial charge in [-0.2, -0.15) is 0 Å². The van der Waals surface area contributed by atoms with E-state index in [0.29, 0.717) is 36.5 Å². The molecule has 1 saturated carbocycles. The minimum absolute atomic E-state index is 0.00609. The van der Waals surface area contributed by atoms with Crippen molar-refractivity contribution in [3.63, 3.8) is 0 Å². The number of halogens is 1. The molecular formula is C14H18ClN3O2. The normalized spacial score (nSPS) is 22.6. The molecule has 2 aliphatic rings. The summed E-state index contributed by atoms with van der Waals surface area (Å²) in [6.07, 6.45) is 2.14. The number of anilines is 2. The molecule has 1 unspecified atom stereocenters. The molecule has 5 nitrogen and oxygen atoms in total. The summed E-state index contributed by atoms with van der Waals surface area (Å²) in [5, 5.41) is 3.53. The van der Waals surface area contributed by atoms with Gasteiger partial charge in [-0.25, -0.2) is 0 Å². The second kappa shape index (κ2) is 5.50. The molecular weight excluding hydrogens is 278 g/mol. The van der Waals surface area contributed by atoms with E-state index >= 15 is 0 Å². The van der Waals surface area contributed by atoms with Gasteiger partial charge in [0.15, 0.2) is 0 Å². The molecule has 3 N–H and O–H groups in total. The first-order valence-electron chi connectivity index (χ1n) is 6.85. The van der Waals surface area contributed by atoms with E-state index in [9.17, 15) is 4.79 Å². The summed E-state index contributed by atoms with van der Waals surface area (Å²) in [5.41, 5.74) is 7.36. The second-order valence-corrected chi connectivity index (χ2v) is 5.65. The highest BCUT2D eigenvalue weighted by molar-refractivity contribution is 6.33. The van der Waals surface area contributed by atoms with Gasteiger partial charge in [-0.15, -0.1) is 0 Å². The number of nitrogens with one attached hydrogen (secondary N) is 1. The zero-order chi connectivity index (χ0) is 14.1. The van der Waals surface area contributed by atoms with Gasteiger partial charge in [0.2, 0.25) is 5.91 Å². The van der Waals surface area contributed by atoms with Crippen LogP contribution >= 0.6 is 11.6 Å². The molecule has 0 radical (unpaired) electrons. The first kappa shape index (κ1) is 13.5. The van der Waals surface area contributed by atoms with Gasteiger partial charge in [0, 0.05) is 12.6 Å². The van der Waals surface area contributed by atoms with Crippen molar-refractivity contribution in [3.05, 3.63) is 23.2 Å². The highest BCUT2D eigenvalue weighted by atomic mass is 35.5. The molecule has 0 spiro atoms. The first-order chi connectivity index (χ1) is 9.66. The van der Waals surface area contributed by atoms with Crippen LogP contribution in [-0.2, 0) is 9.53 Å². The standard InChI is InChI=1S/C14H18ClN3O2/c15-10-2-1-3-11(13(10)16)18-6-7-20-8-12(18)14(19)17-9-4-5-9/h1-3,9,12H,4-8,16H2,(H,17,19). The van der Waals surface area contributed by atoms with Gasteiger partial charge in [0.1, 0.15) is 6.04 Å². The molecule has 2 fully saturated rings. The molecule has 1 atom stereocenters. The molecule has 1 aliphatic carbocycles. The zero-order valence-electron chi connectivity index (χ0n) is 11.1. The van der Waals surface area contributed by atoms with E-state index < -0.39 is 0 Å². The Bertz CT molecular complexity index is 519. The SMILES string of the molecule is Nc1c(Cl)cccc1N1CCOCC1C(=O)NC1CC1. The van der Waals surface area contributed by atoms with Crippen LogP contribution in [0.25, 0.3) is 0 Å². The van der Waals surface area contributed by atoms with Gasteiger partial charge in [0.25, 0.3) is 0 Å². The zero-order valence-corrected chi connectivity index (χ0v) is 11.9. The highest BCUT2D eigenvalue weighted by Gasteiger charge is 2.34. The van der Waals surface area contributed by atoms with Crippen molar-refractivity contribution >= 4 is 28.9 Å². The number of amides is 1. The molecule has 1 aromatic rings. The van der Waals surface area contributed by atoms with E-state index in [1.54, 1.807) is 6.07 Å². The number of hydrogen-bond acceptors (Lipinski definition) is 4. The van der Waals surface area contributed by atoms with E-state index in [2.05, 4.69) is 5.32 Å². The molecule has 0 bridgehead atoms. The molecule has 108 valence electrons. The number of benzene rings is 1. The van der Waals surface area contributed by atoms with E-state index in [1.807, 2.05) is 17.0 Å². The van der Waals surface area contributed by atoms with Crippen LogP contribution in [0.5, 0.6) is 0 Å². The topological polar surface area (TPSA) is 67.6 Å². The van der Waals surface area contributed by atoms with Crippen molar-refractivity contribution in [1.82, 2.24) is 5.32 Å². The van der Waals surface area contributed by atoms with Crippen molar-refractivity contribution in [2.75, 3.05) is 30.4 Å². The molecule has 1 aliphatic heterocycles. The Morgan fingerprint density at radius 2 is 2.25 bits per heavy atom. The number of carbonyl (C=O) groups is 1. The predicted octanol–water partition coefficient (Wildman–Crippen LogP) is 1.41. The van der Waals surface area contributed by atoms with Crippen LogP contribution in [0.2, 0.25) is 5.02 Å². The van der Waals surface area contributed by atoms with Crippen LogP contribution in [0.4, 0.5) is 11.4 Å². The molecule has 1 aromatic carbocycles. The van der Waals surface area contributed by atoms with Crippen molar-refractivity contribution in [3.8, 4) is 0 Å². The van der Waals surface area contributed by atoms with Crippen molar-refractivity contribution in [1.29, 1.82) is 0 Å². The van der Waals surface area contributed by atoms with E-state index in [4.69, 9.17) is 22.1 Å². The maximum absolute atomic E-state index is 12.3. The van der Waals surface area contributed by atoms with Crippen molar-refractivity contribution in [2.45, 2.75) is 24.9 Å². The maximum atomic E-state index is 12.3. The summed E-state index contributed by atoms with van der Waals surface area (Å²) in [7, 11) is 0. The lowest BCUT2D eigenvalue weighted by Crippen LogP contribution is -2.54. The number of nitrogens with two attached hydrogens (primary N) is 1. The van der Waals surface area contributed by atoms with Gasteiger partial charge in [0.05, 0.1) is 29.6 Å². The van der Waals surface area contributed by atoms with E-state index in [0.717, 1.165) is 18.5 Å². The number of hydrogen-bond donors (Lipinski definition) is 2. The Balaban J connectivity index is 1.84. The lowest BCUT2D eigenvalue weighted by atomic mass is 10.1. The Morgan fingerprint density at radius 1 is 1.45 bits per heavy atom. The third kappa shape index (κ3) is 2.69. The van der Waals surface area contributed by atoms with Gasteiger partial charge in [-0.1, -0.05) is 17.7 Å². The number of rotatable bonds is 3.